The van der Waals surface area contributed by atoms with Crippen LogP contribution in [0, 0.1) is 12.7 Å². The van der Waals surface area contributed by atoms with Gasteiger partial charge in [-0.05, 0) is 48.9 Å². The summed E-state index contributed by atoms with van der Waals surface area (Å²) in [5.41, 5.74) is 0.962. The first-order valence-electron chi connectivity index (χ1n) is 10.8. The predicted octanol–water partition coefficient (Wildman–Crippen LogP) is 6.10. The highest BCUT2D eigenvalue weighted by Crippen LogP contribution is 2.41. The lowest BCUT2D eigenvalue weighted by Gasteiger charge is -2.35. The number of hydrogen-bond donors (Lipinski definition) is 1. The van der Waals surface area contributed by atoms with Gasteiger partial charge in [0.25, 0.3) is 0 Å². The molecule has 1 N–H and O–H groups in total. The van der Waals surface area contributed by atoms with E-state index in [1.54, 1.807) is 34.8 Å². The molecule has 12 heteroatoms. The molecule has 1 atom stereocenters. The number of imidazole rings is 1. The molecular formula is C24H19ClF4N6O. The molecule has 0 spiro atoms. The summed E-state index contributed by atoms with van der Waals surface area (Å²) < 4.78 is 61.8. The zero-order valence-corrected chi connectivity index (χ0v) is 19.8. The van der Waals surface area contributed by atoms with Gasteiger partial charge in [0.2, 0.25) is 5.95 Å². The summed E-state index contributed by atoms with van der Waals surface area (Å²) >= 11 is 6.25. The number of aryl methyl sites for hydroxylation is 1. The molecule has 0 aliphatic carbocycles. The van der Waals surface area contributed by atoms with Crippen molar-refractivity contribution in [2.75, 3.05) is 23.9 Å². The van der Waals surface area contributed by atoms with Gasteiger partial charge in [0, 0.05) is 24.0 Å². The third kappa shape index (κ3) is 4.53. The maximum atomic E-state index is 14.7. The molecule has 0 saturated carbocycles. The van der Waals surface area contributed by atoms with E-state index in [4.69, 9.17) is 16.3 Å². The standard InChI is InChI=1S/C24H19ClF4N6O/c1-13-10-35(12-31-13)19-6-4-15(8-18(19)26)32-23-30-9-21-22(33-23)34(2)20(11-36-21)16-7-14(24(27,28)29)3-5-17(16)25/h3-10,12,20H,11H2,1-2H3,(H,30,32,33). The van der Waals surface area contributed by atoms with Crippen molar-refractivity contribution >= 4 is 29.1 Å². The molecule has 0 saturated heterocycles. The number of alkyl halides is 3. The Balaban J connectivity index is 1.41. The van der Waals surface area contributed by atoms with Crippen molar-refractivity contribution in [2.45, 2.75) is 19.1 Å². The Labute approximate surface area is 208 Å². The highest BCUT2D eigenvalue weighted by atomic mass is 35.5. The lowest BCUT2D eigenvalue weighted by molar-refractivity contribution is -0.137. The smallest absolute Gasteiger partial charge is 0.416 e. The summed E-state index contributed by atoms with van der Waals surface area (Å²) in [7, 11) is 1.68. The van der Waals surface area contributed by atoms with Crippen LogP contribution >= 0.6 is 11.6 Å². The van der Waals surface area contributed by atoms with Gasteiger partial charge in [0.15, 0.2) is 11.6 Å². The van der Waals surface area contributed by atoms with E-state index in [1.165, 1.54) is 24.7 Å². The first-order chi connectivity index (χ1) is 17.1. The molecule has 4 aromatic rings. The SMILES string of the molecule is Cc1cn(-c2ccc(Nc3ncc4c(n3)N(C)C(c3cc(C(F)(F)F)ccc3Cl)CO4)cc2F)cn1. The molecule has 2 aromatic heterocycles. The average Bonchev–Trinajstić information content (AvgIpc) is 3.25. The Morgan fingerprint density at radius 1 is 1.14 bits per heavy atom. The van der Waals surface area contributed by atoms with Crippen molar-refractivity contribution < 1.29 is 22.3 Å². The van der Waals surface area contributed by atoms with Crippen LogP contribution in [0.15, 0.2) is 55.1 Å². The van der Waals surface area contributed by atoms with Crippen LogP contribution in [0.4, 0.5) is 35.0 Å². The fourth-order valence-corrected chi connectivity index (χ4v) is 4.20. The summed E-state index contributed by atoms with van der Waals surface area (Å²) in [5.74, 6) is 0.392. The fraction of sp³-hybridized carbons (Fsp3) is 0.208. The lowest BCUT2D eigenvalue weighted by Crippen LogP contribution is -2.34. The molecule has 0 radical (unpaired) electrons. The molecule has 3 heterocycles. The third-order valence-electron chi connectivity index (χ3n) is 5.81. The van der Waals surface area contributed by atoms with Crippen molar-refractivity contribution in [1.82, 2.24) is 19.5 Å². The van der Waals surface area contributed by atoms with Crippen LogP contribution < -0.4 is 15.0 Å². The number of hydrogen-bond acceptors (Lipinski definition) is 6. The average molecular weight is 519 g/mol. The highest BCUT2D eigenvalue weighted by molar-refractivity contribution is 6.31. The van der Waals surface area contributed by atoms with Gasteiger partial charge in [-0.25, -0.2) is 14.4 Å². The number of halogens is 5. The Bertz CT molecular complexity index is 1440. The normalized spacial score (nSPS) is 15.4. The largest absolute Gasteiger partial charge is 0.486 e. The quantitative estimate of drug-likeness (QED) is 0.329. The van der Waals surface area contributed by atoms with Gasteiger partial charge in [-0.2, -0.15) is 18.2 Å². The molecule has 36 heavy (non-hydrogen) atoms. The Morgan fingerprint density at radius 2 is 1.94 bits per heavy atom. The monoisotopic (exact) mass is 518 g/mol. The van der Waals surface area contributed by atoms with E-state index >= 15 is 0 Å². The van der Waals surface area contributed by atoms with Crippen LogP contribution in [0.3, 0.4) is 0 Å². The number of nitrogens with zero attached hydrogens (tertiary/aromatic N) is 5. The van der Waals surface area contributed by atoms with Crippen molar-refractivity contribution in [3.05, 3.63) is 82.8 Å². The number of benzene rings is 2. The summed E-state index contributed by atoms with van der Waals surface area (Å²) in [6.07, 6.45) is 0.174. The minimum Gasteiger partial charge on any atom is -0.486 e. The maximum absolute atomic E-state index is 14.7. The molecule has 7 nitrogen and oxygen atoms in total. The Morgan fingerprint density at radius 3 is 2.64 bits per heavy atom. The lowest BCUT2D eigenvalue weighted by atomic mass is 10.0. The van der Waals surface area contributed by atoms with E-state index in [9.17, 15) is 17.6 Å². The molecule has 2 aromatic carbocycles. The van der Waals surface area contributed by atoms with E-state index in [0.29, 0.717) is 22.9 Å². The van der Waals surface area contributed by atoms with E-state index in [0.717, 1.165) is 17.8 Å². The van der Waals surface area contributed by atoms with Crippen LogP contribution in [0.2, 0.25) is 5.02 Å². The first-order valence-corrected chi connectivity index (χ1v) is 11.1. The second-order valence-electron chi connectivity index (χ2n) is 8.27. The van der Waals surface area contributed by atoms with Gasteiger partial charge in [-0.1, -0.05) is 11.6 Å². The van der Waals surface area contributed by atoms with E-state index in [1.807, 2.05) is 6.92 Å². The summed E-state index contributed by atoms with van der Waals surface area (Å²) in [4.78, 5) is 14.4. The second-order valence-corrected chi connectivity index (χ2v) is 8.67. The zero-order chi connectivity index (χ0) is 25.6. The van der Waals surface area contributed by atoms with Gasteiger partial charge in [0.05, 0.1) is 35.5 Å². The van der Waals surface area contributed by atoms with E-state index in [2.05, 4.69) is 20.3 Å². The van der Waals surface area contributed by atoms with Crippen LogP contribution in [0.5, 0.6) is 5.75 Å². The summed E-state index contributed by atoms with van der Waals surface area (Å²) in [5, 5.41) is 3.13. The van der Waals surface area contributed by atoms with Crippen LogP contribution in [-0.2, 0) is 6.18 Å². The molecule has 1 unspecified atom stereocenters. The van der Waals surface area contributed by atoms with Crippen molar-refractivity contribution in [3.63, 3.8) is 0 Å². The van der Waals surface area contributed by atoms with Gasteiger partial charge >= 0.3 is 6.18 Å². The molecular weight excluding hydrogens is 500 g/mol. The molecule has 1 aliphatic heterocycles. The summed E-state index contributed by atoms with van der Waals surface area (Å²) in [6, 6.07) is 7.12. The Kier molecular flexibility index (Phi) is 5.95. The van der Waals surface area contributed by atoms with Crippen LogP contribution in [0.25, 0.3) is 5.69 Å². The molecule has 0 amide bonds. The number of anilines is 3. The zero-order valence-electron chi connectivity index (χ0n) is 19.0. The molecule has 186 valence electrons. The van der Waals surface area contributed by atoms with Gasteiger partial charge in [-0.15, -0.1) is 0 Å². The molecule has 0 bridgehead atoms. The Hall–Kier alpha value is -3.86. The number of aromatic nitrogens is 4. The minimum absolute atomic E-state index is 0.0566. The van der Waals surface area contributed by atoms with Crippen LogP contribution in [-0.4, -0.2) is 33.2 Å². The van der Waals surface area contributed by atoms with Gasteiger partial charge < -0.3 is 19.5 Å². The van der Waals surface area contributed by atoms with E-state index < -0.39 is 23.6 Å². The number of ether oxygens (including phenoxy) is 1. The molecule has 1 aliphatic rings. The second kappa shape index (κ2) is 8.98. The molecule has 5 rings (SSSR count). The number of nitrogens with one attached hydrogen (secondary N) is 1. The van der Waals surface area contributed by atoms with Gasteiger partial charge in [0.1, 0.15) is 12.4 Å². The maximum Gasteiger partial charge on any atom is 0.416 e. The predicted molar refractivity (Wildman–Crippen MR) is 127 cm³/mol. The highest BCUT2D eigenvalue weighted by Gasteiger charge is 2.34. The number of likely N-dealkylation sites (N-methyl/N-ethyl adjacent to an activating group) is 1. The summed E-state index contributed by atoms with van der Waals surface area (Å²) in [6.45, 7) is 1.87. The number of fused-ring (bicyclic) bond motifs is 1. The van der Waals surface area contributed by atoms with E-state index in [-0.39, 0.29) is 23.1 Å². The van der Waals surface area contributed by atoms with Gasteiger partial charge in [-0.3, -0.25) is 0 Å². The molecule has 0 fully saturated rings. The first kappa shape index (κ1) is 23.9. The van der Waals surface area contributed by atoms with Crippen LogP contribution in [0.1, 0.15) is 22.9 Å². The van der Waals surface area contributed by atoms with Crippen molar-refractivity contribution in [2.24, 2.45) is 0 Å². The fourth-order valence-electron chi connectivity index (χ4n) is 3.95. The number of rotatable bonds is 4. The van der Waals surface area contributed by atoms with Crippen molar-refractivity contribution in [1.29, 1.82) is 0 Å². The third-order valence-corrected chi connectivity index (χ3v) is 6.15. The van der Waals surface area contributed by atoms with Crippen molar-refractivity contribution in [3.8, 4) is 11.4 Å². The minimum atomic E-state index is -4.51. The topological polar surface area (TPSA) is 68.1 Å².